The fraction of sp³-hybridized carbons (Fsp3) is 0.400. The van der Waals surface area contributed by atoms with Gasteiger partial charge < -0.3 is 5.32 Å². The zero-order valence-corrected chi connectivity index (χ0v) is 6.64. The van der Waals surface area contributed by atoms with Crippen molar-refractivity contribution in [3.05, 3.63) is 10.4 Å². The lowest BCUT2D eigenvalue weighted by atomic mass is 10.7. The van der Waals surface area contributed by atoms with Gasteiger partial charge in [0, 0.05) is 17.4 Å². The monoisotopic (exact) mass is 161 g/mol. The Morgan fingerprint density at radius 1 is 1.89 bits per heavy atom. The molecule has 1 N–H and O–H groups in total. The van der Waals surface area contributed by atoms with Gasteiger partial charge in [-0.25, -0.2) is 0 Å². The van der Waals surface area contributed by atoms with E-state index in [9.17, 15) is 4.79 Å². The van der Waals surface area contributed by atoms with Crippen molar-refractivity contribution in [3.63, 3.8) is 0 Å². The lowest BCUT2D eigenvalue weighted by Crippen LogP contribution is -2.15. The van der Waals surface area contributed by atoms with E-state index in [1.165, 1.54) is 6.92 Å². The highest BCUT2D eigenvalue weighted by atomic mass is 32.2. The van der Waals surface area contributed by atoms with Crippen LogP contribution < -0.4 is 5.32 Å². The molecular weight excluding hydrogens is 154 g/mol. The van der Waals surface area contributed by atoms with E-state index in [1.807, 2.05) is 5.41 Å². The molecule has 0 aliphatic carbocycles. The van der Waals surface area contributed by atoms with E-state index in [4.69, 9.17) is 0 Å². The van der Waals surface area contributed by atoms with Crippen LogP contribution in [0.3, 0.4) is 0 Å². The van der Waals surface area contributed by atoms with Gasteiger partial charge in [-0.1, -0.05) is 11.8 Å². The zero-order chi connectivity index (χ0) is 6.69. The Labute approximate surface area is 62.5 Å². The van der Waals surface area contributed by atoms with E-state index in [1.54, 1.807) is 23.5 Å². The second-order valence-electron chi connectivity index (χ2n) is 1.59. The molecule has 4 heteroatoms. The van der Waals surface area contributed by atoms with Crippen LogP contribution in [0.2, 0.25) is 0 Å². The number of rotatable bonds is 1. The van der Waals surface area contributed by atoms with Gasteiger partial charge in [0.05, 0.1) is 5.03 Å². The van der Waals surface area contributed by atoms with Crippen LogP contribution in [0.4, 0.5) is 0 Å². The summed E-state index contributed by atoms with van der Waals surface area (Å²) in [6.45, 7) is 1.52. The van der Waals surface area contributed by atoms with Crippen LogP contribution in [-0.4, -0.2) is 11.0 Å². The minimum absolute atomic E-state index is 0.0104. The summed E-state index contributed by atoms with van der Waals surface area (Å²) in [5.74, 6) is 0.0104. The number of thioether (sulfide) groups is 2. The van der Waals surface area contributed by atoms with E-state index in [-0.39, 0.29) is 5.91 Å². The molecule has 0 radical (unpaired) electrons. The third kappa shape index (κ3) is 2.32. The van der Waals surface area contributed by atoms with Gasteiger partial charge in [-0.15, -0.1) is 11.8 Å². The summed E-state index contributed by atoms with van der Waals surface area (Å²) in [7, 11) is 0. The SMILES string of the molecule is CC(=O)NC1=CSCS1. The lowest BCUT2D eigenvalue weighted by Gasteiger charge is -1.97. The number of carbonyl (C=O) groups is 1. The molecule has 9 heavy (non-hydrogen) atoms. The first-order chi connectivity index (χ1) is 4.29. The average molecular weight is 161 g/mol. The molecule has 1 aliphatic rings. The number of hydrogen-bond donors (Lipinski definition) is 1. The molecule has 0 atom stereocenters. The first-order valence-corrected chi connectivity index (χ1v) is 4.54. The van der Waals surface area contributed by atoms with Gasteiger partial charge in [0.2, 0.25) is 5.91 Å². The highest BCUT2D eigenvalue weighted by Crippen LogP contribution is 2.29. The highest BCUT2D eigenvalue weighted by molar-refractivity contribution is 8.22. The topological polar surface area (TPSA) is 29.1 Å². The van der Waals surface area contributed by atoms with E-state index in [0.717, 1.165) is 10.1 Å². The maximum Gasteiger partial charge on any atom is 0.221 e. The molecule has 0 fully saturated rings. The minimum atomic E-state index is 0.0104. The van der Waals surface area contributed by atoms with Crippen molar-refractivity contribution in [2.24, 2.45) is 0 Å². The summed E-state index contributed by atoms with van der Waals surface area (Å²) < 4.78 is 0. The second kappa shape index (κ2) is 3.17. The van der Waals surface area contributed by atoms with Crippen molar-refractivity contribution < 1.29 is 4.79 Å². The van der Waals surface area contributed by atoms with Crippen LogP contribution in [0.25, 0.3) is 0 Å². The van der Waals surface area contributed by atoms with Gasteiger partial charge >= 0.3 is 0 Å². The van der Waals surface area contributed by atoms with Crippen molar-refractivity contribution >= 4 is 29.4 Å². The maximum atomic E-state index is 10.4. The third-order valence-electron chi connectivity index (χ3n) is 0.772. The van der Waals surface area contributed by atoms with Crippen LogP contribution in [0, 0.1) is 0 Å². The lowest BCUT2D eigenvalue weighted by molar-refractivity contribution is -0.118. The van der Waals surface area contributed by atoms with Crippen molar-refractivity contribution in [3.8, 4) is 0 Å². The largest absolute Gasteiger partial charge is 0.320 e. The number of amides is 1. The predicted molar refractivity (Wildman–Crippen MR) is 41.9 cm³/mol. The Hall–Kier alpha value is -0.0900. The molecule has 50 valence electrons. The van der Waals surface area contributed by atoms with Crippen molar-refractivity contribution in [2.45, 2.75) is 6.92 Å². The van der Waals surface area contributed by atoms with Gasteiger partial charge in [-0.05, 0) is 0 Å². The molecule has 0 saturated heterocycles. The molecule has 0 spiro atoms. The maximum absolute atomic E-state index is 10.4. The van der Waals surface area contributed by atoms with Crippen LogP contribution in [0.1, 0.15) is 6.92 Å². The van der Waals surface area contributed by atoms with E-state index < -0.39 is 0 Å². The highest BCUT2D eigenvalue weighted by Gasteiger charge is 2.05. The Kier molecular flexibility index (Phi) is 2.48. The molecule has 0 aromatic heterocycles. The molecule has 1 amide bonds. The standard InChI is InChI=1S/C5H7NOS2/c1-4(7)6-5-2-8-3-9-5/h2H,3H2,1H3,(H,6,7). The Morgan fingerprint density at radius 3 is 3.11 bits per heavy atom. The first-order valence-electron chi connectivity index (χ1n) is 2.51. The van der Waals surface area contributed by atoms with Crippen LogP contribution in [-0.2, 0) is 4.79 Å². The summed E-state index contributed by atoms with van der Waals surface area (Å²) >= 11 is 3.37. The zero-order valence-electron chi connectivity index (χ0n) is 5.01. The summed E-state index contributed by atoms with van der Waals surface area (Å²) in [6.07, 6.45) is 0. The number of hydrogen-bond acceptors (Lipinski definition) is 3. The van der Waals surface area contributed by atoms with Gasteiger partial charge in [0.1, 0.15) is 0 Å². The molecule has 2 nitrogen and oxygen atoms in total. The van der Waals surface area contributed by atoms with Crippen LogP contribution in [0.5, 0.6) is 0 Å². The van der Waals surface area contributed by atoms with Gasteiger partial charge in [0.15, 0.2) is 0 Å². The normalized spacial score (nSPS) is 17.2. The van der Waals surface area contributed by atoms with Gasteiger partial charge in [-0.2, -0.15) is 0 Å². The molecule has 0 saturated carbocycles. The second-order valence-corrected chi connectivity index (χ2v) is 3.83. The van der Waals surface area contributed by atoms with E-state index in [0.29, 0.717) is 0 Å². The number of carbonyl (C=O) groups excluding carboxylic acids is 1. The van der Waals surface area contributed by atoms with Crippen molar-refractivity contribution in [2.75, 3.05) is 5.08 Å². The van der Waals surface area contributed by atoms with E-state index >= 15 is 0 Å². The van der Waals surface area contributed by atoms with Crippen LogP contribution >= 0.6 is 23.5 Å². The van der Waals surface area contributed by atoms with Crippen LogP contribution in [0.15, 0.2) is 10.4 Å². The smallest absolute Gasteiger partial charge is 0.221 e. The quantitative estimate of drug-likeness (QED) is 0.629. The molecule has 1 aliphatic heterocycles. The molecule has 0 aromatic carbocycles. The van der Waals surface area contributed by atoms with Gasteiger partial charge in [0.25, 0.3) is 0 Å². The third-order valence-corrected chi connectivity index (χ3v) is 2.87. The predicted octanol–water partition coefficient (Wildman–Crippen LogP) is 1.36. The minimum Gasteiger partial charge on any atom is -0.320 e. The average Bonchev–Trinajstić information content (AvgIpc) is 2.15. The summed E-state index contributed by atoms with van der Waals surface area (Å²) in [5, 5.41) is 6.67. The summed E-state index contributed by atoms with van der Waals surface area (Å²) in [6, 6.07) is 0. The molecule has 1 heterocycles. The molecule has 0 aromatic rings. The summed E-state index contributed by atoms with van der Waals surface area (Å²) in [5.41, 5.74) is 0. The molecule has 1 rings (SSSR count). The van der Waals surface area contributed by atoms with Crippen molar-refractivity contribution in [1.29, 1.82) is 0 Å². The number of nitrogens with one attached hydrogen (secondary N) is 1. The Balaban J connectivity index is 2.35. The summed E-state index contributed by atoms with van der Waals surface area (Å²) in [4.78, 5) is 10.4. The Bertz CT molecular complexity index is 155. The van der Waals surface area contributed by atoms with Gasteiger partial charge in [-0.3, -0.25) is 4.79 Å². The fourth-order valence-electron chi connectivity index (χ4n) is 0.480. The molecule has 0 unspecified atom stereocenters. The Morgan fingerprint density at radius 2 is 2.67 bits per heavy atom. The van der Waals surface area contributed by atoms with Crippen molar-refractivity contribution in [1.82, 2.24) is 5.32 Å². The molecular formula is C5H7NOS2. The fourth-order valence-corrected chi connectivity index (χ4v) is 2.43. The van der Waals surface area contributed by atoms with E-state index in [2.05, 4.69) is 5.32 Å². The first kappa shape index (κ1) is 7.02. The molecule has 0 bridgehead atoms.